The van der Waals surface area contributed by atoms with Crippen LogP contribution in [-0.4, -0.2) is 47.3 Å². The number of benzene rings is 2. The largest absolute Gasteiger partial charge is 0.381 e. The SMILES string of the molecule is Cc1ccc(C2(C(=O)N3CCCC(c4[nH]ncc4-c4ccc(Cl)cc4)C3)CCOCC2)cc1. The summed E-state index contributed by atoms with van der Waals surface area (Å²) in [6, 6.07) is 16.3. The fourth-order valence-corrected chi connectivity index (χ4v) is 5.51. The van der Waals surface area contributed by atoms with Gasteiger partial charge < -0.3 is 9.64 Å². The summed E-state index contributed by atoms with van der Waals surface area (Å²) >= 11 is 6.09. The van der Waals surface area contributed by atoms with Gasteiger partial charge in [0.05, 0.1) is 11.6 Å². The van der Waals surface area contributed by atoms with Crippen molar-refractivity contribution in [2.24, 2.45) is 0 Å². The Kier molecular flexibility index (Phi) is 6.26. The second kappa shape index (κ2) is 9.32. The average Bonchev–Trinajstić information content (AvgIpc) is 3.35. The number of rotatable bonds is 4. The molecule has 0 saturated carbocycles. The number of amides is 1. The van der Waals surface area contributed by atoms with Crippen LogP contribution in [0.25, 0.3) is 11.1 Å². The summed E-state index contributed by atoms with van der Waals surface area (Å²) in [5.41, 5.74) is 5.11. The molecule has 2 saturated heterocycles. The third kappa shape index (κ3) is 4.32. The number of carbonyl (C=O) groups excluding carboxylic acids is 1. The van der Waals surface area contributed by atoms with E-state index in [1.165, 1.54) is 5.56 Å². The minimum absolute atomic E-state index is 0.228. The van der Waals surface area contributed by atoms with E-state index in [0.717, 1.165) is 59.6 Å². The molecular formula is C27H30ClN3O2. The van der Waals surface area contributed by atoms with Gasteiger partial charge in [0, 0.05) is 48.5 Å². The van der Waals surface area contributed by atoms with E-state index in [1.54, 1.807) is 0 Å². The van der Waals surface area contributed by atoms with Gasteiger partial charge in [0.25, 0.3) is 0 Å². The number of piperidine rings is 1. The number of likely N-dealkylation sites (tertiary alicyclic amines) is 1. The number of H-pyrrole nitrogens is 1. The molecule has 1 atom stereocenters. The maximum Gasteiger partial charge on any atom is 0.233 e. The summed E-state index contributed by atoms with van der Waals surface area (Å²) < 4.78 is 5.67. The third-order valence-corrected chi connectivity index (χ3v) is 7.55. The molecule has 1 unspecified atom stereocenters. The van der Waals surface area contributed by atoms with Crippen molar-refractivity contribution in [2.75, 3.05) is 26.3 Å². The zero-order chi connectivity index (χ0) is 22.8. The van der Waals surface area contributed by atoms with Crippen molar-refractivity contribution >= 4 is 17.5 Å². The molecular weight excluding hydrogens is 434 g/mol. The summed E-state index contributed by atoms with van der Waals surface area (Å²) in [7, 11) is 0. The second-order valence-corrected chi connectivity index (χ2v) is 9.79. The van der Waals surface area contributed by atoms with Gasteiger partial charge in [-0.15, -0.1) is 0 Å². The van der Waals surface area contributed by atoms with E-state index in [9.17, 15) is 4.79 Å². The number of hydrogen-bond donors (Lipinski definition) is 1. The number of nitrogens with one attached hydrogen (secondary N) is 1. The van der Waals surface area contributed by atoms with Crippen LogP contribution in [0.5, 0.6) is 0 Å². The highest BCUT2D eigenvalue weighted by atomic mass is 35.5. The van der Waals surface area contributed by atoms with Crippen molar-refractivity contribution in [3.8, 4) is 11.1 Å². The molecule has 2 aliphatic heterocycles. The highest BCUT2D eigenvalue weighted by Crippen LogP contribution is 2.40. The third-order valence-electron chi connectivity index (χ3n) is 7.30. The molecule has 0 radical (unpaired) electrons. The van der Waals surface area contributed by atoms with E-state index in [2.05, 4.69) is 46.3 Å². The summed E-state index contributed by atoms with van der Waals surface area (Å²) in [4.78, 5) is 16.2. The van der Waals surface area contributed by atoms with Crippen LogP contribution < -0.4 is 0 Å². The van der Waals surface area contributed by atoms with Gasteiger partial charge >= 0.3 is 0 Å². The Labute approximate surface area is 200 Å². The van der Waals surface area contributed by atoms with Crippen molar-refractivity contribution in [1.82, 2.24) is 15.1 Å². The quantitative estimate of drug-likeness (QED) is 0.556. The standard InChI is InChI=1S/C27H30ClN3O2/c1-19-4-8-22(9-5-19)27(12-15-33-16-13-27)26(32)31-14-2-3-21(18-31)25-24(17-29-30-25)20-6-10-23(28)11-7-20/h4-11,17,21H,2-3,12-16,18H2,1H3,(H,29,30). The molecule has 1 aromatic heterocycles. The lowest BCUT2D eigenvalue weighted by Crippen LogP contribution is -2.52. The molecule has 33 heavy (non-hydrogen) atoms. The highest BCUT2D eigenvalue weighted by molar-refractivity contribution is 6.30. The molecule has 1 N–H and O–H groups in total. The van der Waals surface area contributed by atoms with Crippen LogP contribution in [0.15, 0.2) is 54.7 Å². The minimum atomic E-state index is -0.499. The minimum Gasteiger partial charge on any atom is -0.381 e. The molecule has 0 spiro atoms. The lowest BCUT2D eigenvalue weighted by Gasteiger charge is -2.43. The Morgan fingerprint density at radius 3 is 2.58 bits per heavy atom. The summed E-state index contributed by atoms with van der Waals surface area (Å²) in [5, 5.41) is 8.30. The Morgan fingerprint density at radius 1 is 1.12 bits per heavy atom. The summed E-state index contributed by atoms with van der Waals surface area (Å²) in [6.07, 6.45) is 5.36. The van der Waals surface area contributed by atoms with E-state index in [4.69, 9.17) is 16.3 Å². The second-order valence-electron chi connectivity index (χ2n) is 9.36. The first-order valence-corrected chi connectivity index (χ1v) is 12.2. The van der Waals surface area contributed by atoms with Gasteiger partial charge in [0.15, 0.2) is 0 Å². The molecule has 1 amide bonds. The first kappa shape index (κ1) is 22.2. The Hall–Kier alpha value is -2.63. The van der Waals surface area contributed by atoms with Crippen LogP contribution in [0.1, 0.15) is 48.4 Å². The number of halogens is 1. The molecule has 172 valence electrons. The van der Waals surface area contributed by atoms with E-state index >= 15 is 0 Å². The molecule has 2 aliphatic rings. The molecule has 0 aliphatic carbocycles. The number of carbonyl (C=O) groups is 1. The predicted octanol–water partition coefficient (Wildman–Crippen LogP) is 5.49. The van der Waals surface area contributed by atoms with Crippen LogP contribution in [0.3, 0.4) is 0 Å². The molecule has 0 bridgehead atoms. The molecule has 5 rings (SSSR count). The van der Waals surface area contributed by atoms with Gasteiger partial charge in [-0.25, -0.2) is 0 Å². The maximum absolute atomic E-state index is 14.1. The number of aromatic nitrogens is 2. The van der Waals surface area contributed by atoms with Gasteiger partial charge in [-0.1, -0.05) is 53.6 Å². The zero-order valence-electron chi connectivity index (χ0n) is 19.0. The number of aryl methyl sites for hydroxylation is 1. The Bertz CT molecular complexity index is 1100. The Balaban J connectivity index is 1.41. The first-order chi connectivity index (χ1) is 16.1. The van der Waals surface area contributed by atoms with Crippen LogP contribution in [-0.2, 0) is 14.9 Å². The van der Waals surface area contributed by atoms with Crippen molar-refractivity contribution in [3.63, 3.8) is 0 Å². The normalized spacial score (nSPS) is 20.5. The smallest absolute Gasteiger partial charge is 0.233 e. The van der Waals surface area contributed by atoms with Gasteiger partial charge in [0.2, 0.25) is 5.91 Å². The monoisotopic (exact) mass is 463 g/mol. The summed E-state index contributed by atoms with van der Waals surface area (Å²) in [6.45, 7) is 4.83. The topological polar surface area (TPSA) is 58.2 Å². The number of nitrogens with zero attached hydrogens (tertiary/aromatic N) is 2. The highest BCUT2D eigenvalue weighted by Gasteiger charge is 2.45. The van der Waals surface area contributed by atoms with E-state index in [0.29, 0.717) is 19.8 Å². The molecule has 5 nitrogen and oxygen atoms in total. The van der Waals surface area contributed by atoms with Gasteiger partial charge in [-0.05, 0) is 55.9 Å². The van der Waals surface area contributed by atoms with Crippen LogP contribution in [0, 0.1) is 6.92 Å². The lowest BCUT2D eigenvalue weighted by atomic mass is 9.72. The molecule has 2 aromatic carbocycles. The Morgan fingerprint density at radius 2 is 1.85 bits per heavy atom. The van der Waals surface area contributed by atoms with E-state index in [1.807, 2.05) is 30.5 Å². The predicted molar refractivity (Wildman–Crippen MR) is 130 cm³/mol. The van der Waals surface area contributed by atoms with Crippen molar-refractivity contribution < 1.29 is 9.53 Å². The van der Waals surface area contributed by atoms with E-state index in [-0.39, 0.29) is 11.8 Å². The van der Waals surface area contributed by atoms with Crippen molar-refractivity contribution in [1.29, 1.82) is 0 Å². The lowest BCUT2D eigenvalue weighted by molar-refractivity contribution is -0.142. The molecule has 3 aromatic rings. The van der Waals surface area contributed by atoms with Gasteiger partial charge in [-0.3, -0.25) is 9.89 Å². The van der Waals surface area contributed by atoms with Crippen molar-refractivity contribution in [3.05, 3.63) is 76.6 Å². The fraction of sp³-hybridized carbons (Fsp3) is 0.407. The maximum atomic E-state index is 14.1. The molecule has 2 fully saturated rings. The fourth-order valence-electron chi connectivity index (χ4n) is 5.39. The van der Waals surface area contributed by atoms with Crippen LogP contribution in [0.4, 0.5) is 0 Å². The van der Waals surface area contributed by atoms with E-state index < -0.39 is 5.41 Å². The van der Waals surface area contributed by atoms with Gasteiger partial charge in [0.1, 0.15) is 0 Å². The molecule has 6 heteroatoms. The molecule has 3 heterocycles. The van der Waals surface area contributed by atoms with Gasteiger partial charge in [-0.2, -0.15) is 5.10 Å². The van der Waals surface area contributed by atoms with Crippen LogP contribution in [0.2, 0.25) is 5.02 Å². The van der Waals surface area contributed by atoms with Crippen LogP contribution >= 0.6 is 11.6 Å². The first-order valence-electron chi connectivity index (χ1n) is 11.8. The summed E-state index contributed by atoms with van der Waals surface area (Å²) in [5.74, 6) is 0.470. The number of hydrogen-bond acceptors (Lipinski definition) is 3. The van der Waals surface area contributed by atoms with Crippen molar-refractivity contribution in [2.45, 2.75) is 43.9 Å². The number of aromatic amines is 1. The zero-order valence-corrected chi connectivity index (χ0v) is 19.8. The average molecular weight is 464 g/mol. The number of ether oxygens (including phenoxy) is 1.